The number of hydrogen-bond acceptors (Lipinski definition) is 6. The Kier molecular flexibility index (Phi) is 65.6. The summed E-state index contributed by atoms with van der Waals surface area (Å²) in [6.07, 6.45) is 87.8. The van der Waals surface area contributed by atoms with E-state index in [0.717, 1.165) is 38.5 Å². The van der Waals surface area contributed by atoms with Crippen molar-refractivity contribution in [3.8, 4) is 0 Å². The number of rotatable bonds is 71. The second-order valence-corrected chi connectivity index (χ2v) is 28.8. The van der Waals surface area contributed by atoms with Gasteiger partial charge >= 0.3 is 0 Å². The molecule has 9 heteroatoms. The Morgan fingerprint density at radius 2 is 0.667 bits per heavy atom. The second-order valence-electron chi connectivity index (χ2n) is 27.4. The highest BCUT2D eigenvalue weighted by Gasteiger charge is 2.23. The Morgan fingerprint density at radius 3 is 0.964 bits per heavy atom. The van der Waals surface area contributed by atoms with Crippen LogP contribution < -0.4 is 10.2 Å². The molecule has 0 aromatic heterocycles. The highest BCUT2D eigenvalue weighted by atomic mass is 31.2. The molecule has 500 valence electrons. The Bertz CT molecular complexity index is 1420. The molecule has 1 amide bonds. The fourth-order valence-corrected chi connectivity index (χ4v) is 12.5. The lowest BCUT2D eigenvalue weighted by Gasteiger charge is -2.29. The molecule has 3 unspecified atom stereocenters. The lowest BCUT2D eigenvalue weighted by molar-refractivity contribution is -0.870. The van der Waals surface area contributed by atoms with Gasteiger partial charge in [-0.1, -0.05) is 385 Å². The highest BCUT2D eigenvalue weighted by Crippen LogP contribution is 2.38. The largest absolute Gasteiger partial charge is 0.756 e. The number of quaternary nitrogens is 1. The summed E-state index contributed by atoms with van der Waals surface area (Å²) in [7, 11) is 1.26. The van der Waals surface area contributed by atoms with E-state index in [1.54, 1.807) is 6.08 Å². The van der Waals surface area contributed by atoms with E-state index >= 15 is 0 Å². The van der Waals surface area contributed by atoms with E-state index < -0.39 is 20.0 Å². The van der Waals surface area contributed by atoms with E-state index in [0.29, 0.717) is 17.4 Å². The first-order valence-electron chi connectivity index (χ1n) is 37.7. The minimum absolute atomic E-state index is 0.00342. The number of nitrogens with zero attached hydrogens (tertiary/aromatic N) is 1. The molecule has 2 N–H and O–H groups in total. The molecule has 3 atom stereocenters. The van der Waals surface area contributed by atoms with Crippen LogP contribution in [0.25, 0.3) is 0 Å². The molecule has 0 aromatic carbocycles. The lowest BCUT2D eigenvalue weighted by atomic mass is 10.0. The van der Waals surface area contributed by atoms with Crippen LogP contribution in [-0.2, 0) is 18.4 Å². The van der Waals surface area contributed by atoms with Gasteiger partial charge in [0.15, 0.2) is 0 Å². The highest BCUT2D eigenvalue weighted by molar-refractivity contribution is 7.45. The van der Waals surface area contributed by atoms with Crippen molar-refractivity contribution in [3.05, 3.63) is 24.3 Å². The summed E-state index contributed by atoms with van der Waals surface area (Å²) >= 11 is 0. The molecule has 0 fully saturated rings. The van der Waals surface area contributed by atoms with Gasteiger partial charge in [0.25, 0.3) is 7.82 Å². The maximum atomic E-state index is 13.0. The molecule has 0 aliphatic heterocycles. The Morgan fingerprint density at radius 1 is 0.405 bits per heavy atom. The molecule has 0 saturated heterocycles. The molecule has 8 nitrogen and oxygen atoms in total. The summed E-state index contributed by atoms with van der Waals surface area (Å²) in [4.78, 5) is 25.6. The monoisotopic (exact) mass is 1210 g/mol. The molecule has 0 bridgehead atoms. The number of amides is 1. The summed E-state index contributed by atoms with van der Waals surface area (Å²) in [6, 6.07) is -0.902. The summed E-state index contributed by atoms with van der Waals surface area (Å²) in [5.74, 6) is -0.198. The van der Waals surface area contributed by atoms with Gasteiger partial charge < -0.3 is 28.8 Å². The van der Waals surface area contributed by atoms with Crippen molar-refractivity contribution in [2.75, 3.05) is 40.9 Å². The second kappa shape index (κ2) is 66.4. The zero-order valence-corrected chi connectivity index (χ0v) is 58.3. The van der Waals surface area contributed by atoms with Crippen molar-refractivity contribution >= 4 is 13.7 Å². The van der Waals surface area contributed by atoms with Crippen LogP contribution in [0.15, 0.2) is 24.3 Å². The van der Waals surface area contributed by atoms with Crippen molar-refractivity contribution in [1.29, 1.82) is 0 Å². The Hall–Kier alpha value is -1.02. The minimum Gasteiger partial charge on any atom is -0.756 e. The van der Waals surface area contributed by atoms with E-state index in [-0.39, 0.29) is 19.1 Å². The van der Waals surface area contributed by atoms with Crippen LogP contribution >= 0.6 is 7.82 Å². The summed E-state index contributed by atoms with van der Waals surface area (Å²) in [6.45, 7) is 4.70. The van der Waals surface area contributed by atoms with Crippen molar-refractivity contribution < 1.29 is 32.9 Å². The molecule has 0 aliphatic rings. The summed E-state index contributed by atoms with van der Waals surface area (Å²) < 4.78 is 23.4. The number of nitrogens with one attached hydrogen (secondary N) is 1. The van der Waals surface area contributed by atoms with E-state index in [9.17, 15) is 19.4 Å². The third kappa shape index (κ3) is 68.5. The molecule has 0 saturated carbocycles. The van der Waals surface area contributed by atoms with Gasteiger partial charge in [0, 0.05) is 6.42 Å². The standard InChI is InChI=1S/C75H149N2O6P/c1-6-8-10-12-14-16-18-20-22-24-26-28-30-31-32-33-34-35-36-37-38-39-40-41-42-43-44-45-46-47-49-51-53-55-57-59-61-63-65-67-69-75(79)76-73(72-83-84(80,81)82-71-70-77(3,4)5)74(78)68-66-64-62-60-58-56-54-52-50-48-29-27-25-23-21-19-17-15-13-11-9-7-2/h58,60,66,68,73-74,78H,6-57,59,61-65,67,69-72H2,1-5H3,(H-,76,79,80,81)/b60-58+,68-66+. The maximum Gasteiger partial charge on any atom is 0.268 e. The van der Waals surface area contributed by atoms with Gasteiger partial charge in [0.05, 0.1) is 39.9 Å². The Balaban J connectivity index is 3.91. The van der Waals surface area contributed by atoms with Crippen molar-refractivity contribution in [3.63, 3.8) is 0 Å². The molecule has 0 aliphatic carbocycles. The van der Waals surface area contributed by atoms with Gasteiger partial charge in [-0.05, 0) is 32.1 Å². The van der Waals surface area contributed by atoms with Crippen LogP contribution in [0.5, 0.6) is 0 Å². The van der Waals surface area contributed by atoms with Crippen molar-refractivity contribution in [1.82, 2.24) is 5.32 Å². The third-order valence-corrected chi connectivity index (χ3v) is 18.6. The summed E-state index contributed by atoms with van der Waals surface area (Å²) in [5, 5.41) is 13.9. The molecule has 0 heterocycles. The fraction of sp³-hybridized carbons (Fsp3) is 0.933. The molecule has 0 radical (unpaired) electrons. The number of carbonyl (C=O) groups is 1. The van der Waals surface area contributed by atoms with Gasteiger partial charge in [0.2, 0.25) is 5.91 Å². The van der Waals surface area contributed by atoms with Crippen LogP contribution in [0, 0.1) is 0 Å². The van der Waals surface area contributed by atoms with E-state index in [1.165, 1.54) is 340 Å². The van der Waals surface area contributed by atoms with Crippen LogP contribution in [0.1, 0.15) is 399 Å². The zero-order valence-electron chi connectivity index (χ0n) is 57.4. The lowest BCUT2D eigenvalue weighted by Crippen LogP contribution is -2.45. The zero-order chi connectivity index (χ0) is 61.2. The first-order chi connectivity index (χ1) is 41.0. The Labute approximate surface area is 525 Å². The number of phosphoric acid groups is 1. The molecular formula is C75H149N2O6P. The third-order valence-electron chi connectivity index (χ3n) is 17.7. The van der Waals surface area contributed by atoms with Crippen molar-refractivity contribution in [2.24, 2.45) is 0 Å². The summed E-state index contributed by atoms with van der Waals surface area (Å²) in [5.41, 5.74) is 0. The van der Waals surface area contributed by atoms with Gasteiger partial charge in [-0.3, -0.25) is 9.36 Å². The number of carbonyl (C=O) groups excluding carboxylic acids is 1. The number of phosphoric ester groups is 1. The number of aliphatic hydroxyl groups is 1. The van der Waals surface area contributed by atoms with Gasteiger partial charge in [0.1, 0.15) is 13.2 Å². The molecule has 0 rings (SSSR count). The molecular weight excluding hydrogens is 1060 g/mol. The van der Waals surface area contributed by atoms with E-state index in [1.807, 2.05) is 27.2 Å². The van der Waals surface area contributed by atoms with Crippen LogP contribution in [0.4, 0.5) is 0 Å². The van der Waals surface area contributed by atoms with Crippen LogP contribution in [0.2, 0.25) is 0 Å². The predicted molar refractivity (Wildman–Crippen MR) is 367 cm³/mol. The number of allylic oxidation sites excluding steroid dienone is 3. The first kappa shape index (κ1) is 83.0. The van der Waals surface area contributed by atoms with Crippen molar-refractivity contribution in [2.45, 2.75) is 411 Å². The molecule has 84 heavy (non-hydrogen) atoms. The normalized spacial score (nSPS) is 13.7. The first-order valence-corrected chi connectivity index (χ1v) is 39.2. The number of hydrogen-bond donors (Lipinski definition) is 2. The fourth-order valence-electron chi connectivity index (χ4n) is 11.8. The number of likely N-dealkylation sites (N-methyl/N-ethyl adjacent to an activating group) is 1. The quantitative estimate of drug-likeness (QED) is 0.0272. The predicted octanol–water partition coefficient (Wildman–Crippen LogP) is 23.6. The number of aliphatic hydroxyl groups excluding tert-OH is 1. The molecule has 0 spiro atoms. The van der Waals surface area contributed by atoms with Gasteiger partial charge in [-0.2, -0.15) is 0 Å². The van der Waals surface area contributed by atoms with Crippen LogP contribution in [-0.4, -0.2) is 68.5 Å². The van der Waals surface area contributed by atoms with Gasteiger partial charge in [-0.25, -0.2) is 0 Å². The van der Waals surface area contributed by atoms with E-state index in [4.69, 9.17) is 9.05 Å². The average molecular weight is 1210 g/mol. The molecule has 0 aromatic rings. The number of unbranched alkanes of at least 4 members (excludes halogenated alkanes) is 56. The minimum atomic E-state index is -4.61. The van der Waals surface area contributed by atoms with Gasteiger partial charge in [-0.15, -0.1) is 0 Å². The SMILES string of the molecule is CCCCCCCCCCCCCCCCCC/C=C/CC/C=C/C(O)C(COP(=O)([O-])OCC[N+](C)(C)C)NC(=O)CCCCCCCCCCCCCCCCCCCCCCCCCCCCCCCCCCCCCCCCCC. The average Bonchev–Trinajstić information content (AvgIpc) is 3.56. The smallest absolute Gasteiger partial charge is 0.268 e. The van der Waals surface area contributed by atoms with Crippen LogP contribution in [0.3, 0.4) is 0 Å². The maximum absolute atomic E-state index is 13.0. The topological polar surface area (TPSA) is 108 Å². The van der Waals surface area contributed by atoms with E-state index in [2.05, 4.69) is 31.3 Å².